The maximum atomic E-state index is 13.7. The lowest BCUT2D eigenvalue weighted by molar-refractivity contribution is -0.142. The third-order valence-corrected chi connectivity index (χ3v) is 7.39. The molecule has 44 heavy (non-hydrogen) atoms. The van der Waals surface area contributed by atoms with E-state index in [4.69, 9.17) is 0 Å². The molecule has 0 saturated carbocycles. The van der Waals surface area contributed by atoms with Crippen molar-refractivity contribution in [3.63, 3.8) is 0 Å². The van der Waals surface area contributed by atoms with Crippen LogP contribution in [-0.4, -0.2) is 74.8 Å². The molecule has 0 aliphatic carbocycles. The highest BCUT2D eigenvalue weighted by Gasteiger charge is 2.32. The summed E-state index contributed by atoms with van der Waals surface area (Å²) in [5.74, 6) is -3.00. The van der Waals surface area contributed by atoms with Crippen molar-refractivity contribution < 1.29 is 39.6 Å². The van der Waals surface area contributed by atoms with Crippen LogP contribution in [-0.2, 0) is 38.4 Å². The average molecular weight is 605 g/mol. The fourth-order valence-electron chi connectivity index (χ4n) is 4.95. The van der Waals surface area contributed by atoms with Gasteiger partial charge in [-0.2, -0.15) is 0 Å². The van der Waals surface area contributed by atoms with Gasteiger partial charge in [0.1, 0.15) is 35.4 Å². The largest absolute Gasteiger partial charge is 0.508 e. The van der Waals surface area contributed by atoms with E-state index < -0.39 is 42.0 Å². The van der Waals surface area contributed by atoms with E-state index in [0.717, 1.165) is 6.42 Å². The monoisotopic (exact) mass is 604 g/mol. The lowest BCUT2D eigenvalue weighted by atomic mass is 10.0. The minimum atomic E-state index is -1.34. The molecule has 4 atom stereocenters. The first-order chi connectivity index (χ1) is 21.1. The number of carboxylic acids is 1. The van der Waals surface area contributed by atoms with E-state index in [-0.39, 0.29) is 42.4 Å². The number of carbonyl (C=O) groups excluding carboxylic acids is 3. The molecule has 8 N–H and O–H groups in total. The van der Waals surface area contributed by atoms with Gasteiger partial charge in [0.25, 0.3) is 0 Å². The minimum Gasteiger partial charge on any atom is -0.508 e. The maximum absolute atomic E-state index is 13.7. The van der Waals surface area contributed by atoms with E-state index in [2.05, 4.69) is 21.3 Å². The molecule has 0 bridgehead atoms. The standard InChI is InChI=1S/C32H36N4O8/c37-22-9-3-19(4-10-22)16-26(34-29(40)25-2-1-15-33-25)30(41)35-27(17-20-5-11-23(38)12-6-20)31(42)36-28(32(43)44)18-21-7-13-24(39)14-8-21/h3-14,25-28,33,37-39H,1-2,15-18H2,(H,34,40)(H,35,41)(H,36,42)(H,43,44). The van der Waals surface area contributed by atoms with Crippen LogP contribution in [0.5, 0.6) is 17.2 Å². The highest BCUT2D eigenvalue weighted by atomic mass is 16.4. The Morgan fingerprint density at radius 3 is 1.41 bits per heavy atom. The van der Waals surface area contributed by atoms with E-state index in [1.54, 1.807) is 36.4 Å². The van der Waals surface area contributed by atoms with Crippen molar-refractivity contribution in [2.45, 2.75) is 56.3 Å². The lowest BCUT2D eigenvalue weighted by Crippen LogP contribution is -2.58. The Labute approximate surface area is 254 Å². The molecule has 1 saturated heterocycles. The number of aliphatic carboxylic acids is 1. The number of rotatable bonds is 13. The topological polar surface area (TPSA) is 197 Å². The molecule has 0 radical (unpaired) electrons. The maximum Gasteiger partial charge on any atom is 0.326 e. The third kappa shape index (κ3) is 9.20. The van der Waals surface area contributed by atoms with Gasteiger partial charge < -0.3 is 41.7 Å². The van der Waals surface area contributed by atoms with E-state index >= 15 is 0 Å². The zero-order valence-corrected chi connectivity index (χ0v) is 23.9. The zero-order valence-electron chi connectivity index (χ0n) is 23.9. The van der Waals surface area contributed by atoms with Crippen molar-refractivity contribution in [2.24, 2.45) is 0 Å². The first-order valence-electron chi connectivity index (χ1n) is 14.3. The summed E-state index contributed by atoms with van der Waals surface area (Å²) in [7, 11) is 0. The van der Waals surface area contributed by atoms with E-state index in [0.29, 0.717) is 29.7 Å². The van der Waals surface area contributed by atoms with Crippen LogP contribution in [0, 0.1) is 0 Å². The average Bonchev–Trinajstić information content (AvgIpc) is 3.55. The number of carboxylic acid groups (broad SMARTS) is 1. The van der Waals surface area contributed by atoms with Gasteiger partial charge in [0.2, 0.25) is 17.7 Å². The zero-order chi connectivity index (χ0) is 31.6. The van der Waals surface area contributed by atoms with Crippen molar-refractivity contribution in [1.29, 1.82) is 0 Å². The van der Waals surface area contributed by atoms with Crippen LogP contribution < -0.4 is 21.3 Å². The molecule has 3 aromatic rings. The molecule has 4 unspecified atom stereocenters. The minimum absolute atomic E-state index is 0.0100. The number of carbonyl (C=O) groups is 4. The quantitative estimate of drug-likeness (QED) is 0.141. The first kappa shape index (κ1) is 31.8. The summed E-state index contributed by atoms with van der Waals surface area (Å²) in [6.07, 6.45) is 1.39. The number of benzene rings is 3. The second-order valence-electron chi connectivity index (χ2n) is 10.8. The van der Waals surface area contributed by atoms with Gasteiger partial charge in [-0.25, -0.2) is 4.79 Å². The van der Waals surface area contributed by atoms with E-state index in [9.17, 15) is 39.6 Å². The molecular formula is C32H36N4O8. The smallest absolute Gasteiger partial charge is 0.326 e. The van der Waals surface area contributed by atoms with Crippen LogP contribution in [0.2, 0.25) is 0 Å². The molecule has 3 amide bonds. The molecule has 0 aromatic heterocycles. The molecule has 12 heteroatoms. The third-order valence-electron chi connectivity index (χ3n) is 7.39. The van der Waals surface area contributed by atoms with Crippen LogP contribution in [0.1, 0.15) is 29.5 Å². The van der Waals surface area contributed by atoms with Crippen molar-refractivity contribution in [3.05, 3.63) is 89.5 Å². The Balaban J connectivity index is 1.55. The molecule has 1 aliphatic rings. The molecule has 1 aliphatic heterocycles. The summed E-state index contributed by atoms with van der Waals surface area (Å²) < 4.78 is 0. The molecule has 1 heterocycles. The van der Waals surface area contributed by atoms with Gasteiger partial charge in [0.15, 0.2) is 0 Å². The second kappa shape index (κ2) is 14.9. The summed E-state index contributed by atoms with van der Waals surface area (Å²) >= 11 is 0. The lowest BCUT2D eigenvalue weighted by Gasteiger charge is -2.25. The number of hydrogen-bond donors (Lipinski definition) is 8. The normalized spacial score (nSPS) is 16.3. The van der Waals surface area contributed by atoms with Gasteiger partial charge in [-0.1, -0.05) is 36.4 Å². The van der Waals surface area contributed by atoms with Gasteiger partial charge >= 0.3 is 5.97 Å². The van der Waals surface area contributed by atoms with Crippen LogP contribution in [0.15, 0.2) is 72.8 Å². The van der Waals surface area contributed by atoms with Crippen LogP contribution in [0.4, 0.5) is 0 Å². The molecule has 1 fully saturated rings. The summed E-state index contributed by atoms with van der Waals surface area (Å²) in [6.45, 7) is 0.677. The second-order valence-corrected chi connectivity index (χ2v) is 10.8. The highest BCUT2D eigenvalue weighted by molar-refractivity contribution is 5.94. The highest BCUT2D eigenvalue weighted by Crippen LogP contribution is 2.15. The number of nitrogens with one attached hydrogen (secondary N) is 4. The SMILES string of the molecule is O=C(O)C(Cc1ccc(O)cc1)NC(=O)C(Cc1ccc(O)cc1)NC(=O)C(Cc1ccc(O)cc1)NC(=O)C1CCCN1. The molecule has 0 spiro atoms. The van der Waals surface area contributed by atoms with Crippen LogP contribution in [0.25, 0.3) is 0 Å². The summed E-state index contributed by atoms with van der Waals surface area (Å²) in [5, 5.41) is 49.8. The van der Waals surface area contributed by atoms with Crippen molar-refractivity contribution in [2.75, 3.05) is 6.54 Å². The molecule has 12 nitrogen and oxygen atoms in total. The van der Waals surface area contributed by atoms with Crippen molar-refractivity contribution >= 4 is 23.7 Å². The van der Waals surface area contributed by atoms with Gasteiger partial charge in [-0.3, -0.25) is 14.4 Å². The Morgan fingerprint density at radius 2 is 1.02 bits per heavy atom. The number of phenols is 3. The predicted octanol–water partition coefficient (Wildman–Crippen LogP) is 1.12. The van der Waals surface area contributed by atoms with Crippen LogP contribution in [0.3, 0.4) is 0 Å². The first-order valence-corrected chi connectivity index (χ1v) is 14.3. The number of phenolic OH excluding ortho intramolecular Hbond substituents is 3. The predicted molar refractivity (Wildman–Crippen MR) is 160 cm³/mol. The number of amides is 3. The van der Waals surface area contributed by atoms with E-state index in [1.807, 2.05) is 0 Å². The van der Waals surface area contributed by atoms with Crippen LogP contribution >= 0.6 is 0 Å². The number of aromatic hydroxyl groups is 3. The fourth-order valence-corrected chi connectivity index (χ4v) is 4.95. The summed E-state index contributed by atoms with van der Waals surface area (Å²) in [4.78, 5) is 52.3. The molecule has 3 aromatic carbocycles. The number of hydrogen-bond acceptors (Lipinski definition) is 8. The Bertz CT molecular complexity index is 1440. The summed E-state index contributed by atoms with van der Waals surface area (Å²) in [5.41, 5.74) is 1.80. The van der Waals surface area contributed by atoms with Crippen molar-refractivity contribution in [1.82, 2.24) is 21.3 Å². The summed E-state index contributed by atoms with van der Waals surface area (Å²) in [6, 6.07) is 14.0. The van der Waals surface area contributed by atoms with Gasteiger partial charge in [-0.15, -0.1) is 0 Å². The fraction of sp³-hybridized carbons (Fsp3) is 0.312. The molecule has 232 valence electrons. The molecule has 4 rings (SSSR count). The van der Waals surface area contributed by atoms with Gasteiger partial charge in [0, 0.05) is 19.3 Å². The van der Waals surface area contributed by atoms with E-state index in [1.165, 1.54) is 36.4 Å². The van der Waals surface area contributed by atoms with Crippen molar-refractivity contribution in [3.8, 4) is 17.2 Å². The van der Waals surface area contributed by atoms with Gasteiger partial charge in [-0.05, 0) is 72.5 Å². The Morgan fingerprint density at radius 1 is 0.636 bits per heavy atom. The molecular weight excluding hydrogens is 568 g/mol. The van der Waals surface area contributed by atoms with Gasteiger partial charge in [0.05, 0.1) is 6.04 Å². The Kier molecular flexibility index (Phi) is 10.8. The Hall–Kier alpha value is -5.10.